The molecule has 0 saturated carbocycles. The smallest absolute Gasteiger partial charge is 0.0141 e. The van der Waals surface area contributed by atoms with E-state index >= 15 is 0 Å². The molecule has 0 heterocycles. The first-order chi connectivity index (χ1) is 10.3. The SMILES string of the molecule is CCc1ccc2ccccc2c1C(C)Cc1ccccc1. The Balaban J connectivity index is 2.05. The van der Waals surface area contributed by atoms with Crippen LogP contribution in [0.5, 0.6) is 0 Å². The van der Waals surface area contributed by atoms with Crippen LogP contribution in [0.15, 0.2) is 66.7 Å². The number of aryl methyl sites for hydroxylation is 1. The van der Waals surface area contributed by atoms with Crippen LogP contribution in [0, 0.1) is 0 Å². The van der Waals surface area contributed by atoms with Crippen LogP contribution in [-0.2, 0) is 12.8 Å². The van der Waals surface area contributed by atoms with Gasteiger partial charge in [0.15, 0.2) is 0 Å². The van der Waals surface area contributed by atoms with Crippen molar-refractivity contribution >= 4 is 10.8 Å². The summed E-state index contributed by atoms with van der Waals surface area (Å²) >= 11 is 0. The van der Waals surface area contributed by atoms with Crippen molar-refractivity contribution in [2.24, 2.45) is 0 Å². The molecule has 3 aromatic rings. The summed E-state index contributed by atoms with van der Waals surface area (Å²) in [4.78, 5) is 0. The minimum atomic E-state index is 0.536. The average molecular weight is 274 g/mol. The van der Waals surface area contributed by atoms with E-state index in [9.17, 15) is 0 Å². The zero-order chi connectivity index (χ0) is 14.7. The fourth-order valence-corrected chi connectivity index (χ4v) is 3.30. The zero-order valence-corrected chi connectivity index (χ0v) is 12.8. The Bertz CT molecular complexity index is 725. The van der Waals surface area contributed by atoms with Gasteiger partial charge in [-0.15, -0.1) is 0 Å². The Morgan fingerprint density at radius 1 is 0.810 bits per heavy atom. The van der Waals surface area contributed by atoms with Crippen LogP contribution in [0.1, 0.15) is 36.5 Å². The Morgan fingerprint density at radius 2 is 1.52 bits per heavy atom. The van der Waals surface area contributed by atoms with Gasteiger partial charge in [-0.25, -0.2) is 0 Å². The molecule has 0 N–H and O–H groups in total. The molecule has 3 aromatic carbocycles. The fraction of sp³-hybridized carbons (Fsp3) is 0.238. The normalized spacial score (nSPS) is 12.5. The van der Waals surface area contributed by atoms with E-state index in [4.69, 9.17) is 0 Å². The van der Waals surface area contributed by atoms with Gasteiger partial charge in [0.05, 0.1) is 0 Å². The maximum atomic E-state index is 2.36. The van der Waals surface area contributed by atoms with E-state index in [1.54, 1.807) is 0 Å². The summed E-state index contributed by atoms with van der Waals surface area (Å²) in [6.07, 6.45) is 2.20. The van der Waals surface area contributed by atoms with Gasteiger partial charge in [0, 0.05) is 0 Å². The topological polar surface area (TPSA) is 0 Å². The molecule has 1 unspecified atom stereocenters. The zero-order valence-electron chi connectivity index (χ0n) is 12.8. The lowest BCUT2D eigenvalue weighted by atomic mass is 9.86. The predicted octanol–water partition coefficient (Wildman–Crippen LogP) is 5.75. The molecule has 0 nitrogen and oxygen atoms in total. The molecule has 1 atom stereocenters. The van der Waals surface area contributed by atoms with Crippen LogP contribution < -0.4 is 0 Å². The second kappa shape index (κ2) is 6.13. The molecule has 21 heavy (non-hydrogen) atoms. The highest BCUT2D eigenvalue weighted by Crippen LogP contribution is 2.31. The van der Waals surface area contributed by atoms with Crippen molar-refractivity contribution in [3.05, 3.63) is 83.4 Å². The molecule has 0 fully saturated rings. The van der Waals surface area contributed by atoms with Crippen LogP contribution in [-0.4, -0.2) is 0 Å². The lowest BCUT2D eigenvalue weighted by Crippen LogP contribution is -2.03. The van der Waals surface area contributed by atoms with Crippen molar-refractivity contribution < 1.29 is 0 Å². The quantitative estimate of drug-likeness (QED) is 0.568. The highest BCUT2D eigenvalue weighted by atomic mass is 14.2. The molecular formula is C21H22. The van der Waals surface area contributed by atoms with Crippen LogP contribution in [0.3, 0.4) is 0 Å². The van der Waals surface area contributed by atoms with Gasteiger partial charge in [0.1, 0.15) is 0 Å². The molecule has 0 heteroatoms. The van der Waals surface area contributed by atoms with Crippen LogP contribution in [0.4, 0.5) is 0 Å². The second-order valence-electron chi connectivity index (χ2n) is 5.80. The molecule has 106 valence electrons. The van der Waals surface area contributed by atoms with Gasteiger partial charge in [-0.1, -0.05) is 80.6 Å². The first-order valence-corrected chi connectivity index (χ1v) is 7.84. The van der Waals surface area contributed by atoms with Crippen LogP contribution in [0.2, 0.25) is 0 Å². The number of rotatable bonds is 4. The average Bonchev–Trinajstić information content (AvgIpc) is 2.54. The largest absolute Gasteiger partial charge is 0.0622 e. The van der Waals surface area contributed by atoms with Gasteiger partial charge < -0.3 is 0 Å². The van der Waals surface area contributed by atoms with Crippen LogP contribution in [0.25, 0.3) is 10.8 Å². The van der Waals surface area contributed by atoms with E-state index in [1.807, 2.05) is 0 Å². The number of hydrogen-bond donors (Lipinski definition) is 0. The minimum Gasteiger partial charge on any atom is -0.0622 e. The van der Waals surface area contributed by atoms with Crippen molar-refractivity contribution in [2.45, 2.75) is 32.6 Å². The number of hydrogen-bond acceptors (Lipinski definition) is 0. The van der Waals surface area contributed by atoms with E-state index < -0.39 is 0 Å². The van der Waals surface area contributed by atoms with E-state index in [2.05, 4.69) is 80.6 Å². The molecule has 0 spiro atoms. The summed E-state index contributed by atoms with van der Waals surface area (Å²) in [5, 5.41) is 2.77. The first-order valence-electron chi connectivity index (χ1n) is 7.84. The van der Waals surface area contributed by atoms with Crippen LogP contribution >= 0.6 is 0 Å². The van der Waals surface area contributed by atoms with Crippen molar-refractivity contribution in [3.8, 4) is 0 Å². The van der Waals surface area contributed by atoms with E-state index in [1.165, 1.54) is 27.5 Å². The molecule has 0 aliphatic carbocycles. The van der Waals surface area contributed by atoms with E-state index in [0.717, 1.165) is 12.8 Å². The van der Waals surface area contributed by atoms with Crippen molar-refractivity contribution in [2.75, 3.05) is 0 Å². The van der Waals surface area contributed by atoms with Crippen molar-refractivity contribution in [1.29, 1.82) is 0 Å². The fourth-order valence-electron chi connectivity index (χ4n) is 3.30. The highest BCUT2D eigenvalue weighted by molar-refractivity contribution is 5.87. The molecule has 0 radical (unpaired) electrons. The molecule has 3 rings (SSSR count). The summed E-state index contributed by atoms with van der Waals surface area (Å²) < 4.78 is 0. The Hall–Kier alpha value is -2.08. The molecule has 0 bridgehead atoms. The Kier molecular flexibility index (Phi) is 4.06. The van der Waals surface area contributed by atoms with E-state index in [-0.39, 0.29) is 0 Å². The maximum absolute atomic E-state index is 2.36. The third kappa shape index (κ3) is 2.85. The summed E-state index contributed by atoms with van der Waals surface area (Å²) in [7, 11) is 0. The second-order valence-corrected chi connectivity index (χ2v) is 5.80. The third-order valence-electron chi connectivity index (χ3n) is 4.32. The predicted molar refractivity (Wildman–Crippen MR) is 91.9 cm³/mol. The van der Waals surface area contributed by atoms with Gasteiger partial charge in [-0.3, -0.25) is 0 Å². The summed E-state index contributed by atoms with van der Waals surface area (Å²) in [6.45, 7) is 4.61. The molecule has 0 aromatic heterocycles. The monoisotopic (exact) mass is 274 g/mol. The highest BCUT2D eigenvalue weighted by Gasteiger charge is 2.14. The van der Waals surface area contributed by atoms with Crippen molar-refractivity contribution in [3.63, 3.8) is 0 Å². The molecule has 0 aliphatic rings. The lowest BCUT2D eigenvalue weighted by molar-refractivity contribution is 0.754. The Morgan fingerprint density at radius 3 is 2.29 bits per heavy atom. The summed E-state index contributed by atoms with van der Waals surface area (Å²) in [6, 6.07) is 24.1. The maximum Gasteiger partial charge on any atom is -0.0141 e. The van der Waals surface area contributed by atoms with Gasteiger partial charge in [-0.2, -0.15) is 0 Å². The lowest BCUT2D eigenvalue weighted by Gasteiger charge is -2.19. The van der Waals surface area contributed by atoms with Gasteiger partial charge in [0.25, 0.3) is 0 Å². The third-order valence-corrected chi connectivity index (χ3v) is 4.32. The van der Waals surface area contributed by atoms with Crippen molar-refractivity contribution in [1.82, 2.24) is 0 Å². The summed E-state index contributed by atoms with van der Waals surface area (Å²) in [5.41, 5.74) is 4.43. The summed E-state index contributed by atoms with van der Waals surface area (Å²) in [5.74, 6) is 0.536. The first kappa shape index (κ1) is 13.9. The van der Waals surface area contributed by atoms with E-state index in [0.29, 0.717) is 5.92 Å². The standard InChI is InChI=1S/C21H22/c1-3-18-13-14-19-11-7-8-12-20(19)21(18)16(2)15-17-9-5-4-6-10-17/h4-14,16H,3,15H2,1-2H3. The van der Waals surface area contributed by atoms with Gasteiger partial charge in [-0.05, 0) is 46.2 Å². The minimum absolute atomic E-state index is 0.536. The molecule has 0 amide bonds. The number of fused-ring (bicyclic) bond motifs is 1. The molecule has 0 aliphatic heterocycles. The van der Waals surface area contributed by atoms with Gasteiger partial charge >= 0.3 is 0 Å². The van der Waals surface area contributed by atoms with Gasteiger partial charge in [0.2, 0.25) is 0 Å². The number of benzene rings is 3. The molecule has 0 saturated heterocycles. The Labute approximate surface area is 127 Å². The molecular weight excluding hydrogens is 252 g/mol.